The number of benzene rings is 2. The van der Waals surface area contributed by atoms with Crippen molar-refractivity contribution in [1.29, 1.82) is 0 Å². The molecule has 0 saturated heterocycles. The van der Waals surface area contributed by atoms with Crippen LogP contribution in [0.1, 0.15) is 27.0 Å². The molecule has 0 amide bonds. The van der Waals surface area contributed by atoms with E-state index in [2.05, 4.69) is 15.9 Å². The van der Waals surface area contributed by atoms with Gasteiger partial charge in [-0.25, -0.2) is 4.39 Å². The third kappa shape index (κ3) is 2.22. The molecule has 0 aliphatic carbocycles. The lowest BCUT2D eigenvalue weighted by Crippen LogP contribution is -2.05. The highest BCUT2D eigenvalue weighted by atomic mass is 79.9. The molecule has 19 heavy (non-hydrogen) atoms. The van der Waals surface area contributed by atoms with Gasteiger partial charge in [0.1, 0.15) is 5.82 Å². The van der Waals surface area contributed by atoms with Crippen molar-refractivity contribution in [2.24, 2.45) is 0 Å². The van der Waals surface area contributed by atoms with Gasteiger partial charge in [-0.05, 0) is 45.3 Å². The Kier molecular flexibility index (Phi) is 3.21. The van der Waals surface area contributed by atoms with Crippen molar-refractivity contribution in [3.63, 3.8) is 0 Å². The minimum absolute atomic E-state index is 0.0771. The molecule has 0 atom stereocenters. The highest BCUT2D eigenvalue weighted by molar-refractivity contribution is 9.10. The van der Waals surface area contributed by atoms with Gasteiger partial charge in [0.25, 0.3) is 0 Å². The number of rotatable bonds is 2. The first-order valence-electron chi connectivity index (χ1n) is 5.85. The molecule has 96 valence electrons. The van der Waals surface area contributed by atoms with Crippen molar-refractivity contribution < 1.29 is 13.9 Å². The van der Waals surface area contributed by atoms with E-state index in [1.165, 1.54) is 6.07 Å². The number of hydrogen-bond donors (Lipinski definition) is 0. The maximum Gasteiger partial charge on any atom is 0.196 e. The first-order valence-corrected chi connectivity index (χ1v) is 6.64. The van der Waals surface area contributed by atoms with E-state index in [9.17, 15) is 9.18 Å². The molecule has 1 heterocycles. The largest absolute Gasteiger partial charge is 0.372 e. The van der Waals surface area contributed by atoms with Crippen LogP contribution in [0.2, 0.25) is 0 Å². The standard InChI is InChI=1S/C15H10BrFO2/c16-13-3-1-2-12(14(13)17)15(18)9-4-5-10-7-19-8-11(10)6-9/h1-6H,7-8H2. The van der Waals surface area contributed by atoms with Crippen LogP contribution in [0.5, 0.6) is 0 Å². The van der Waals surface area contributed by atoms with Gasteiger partial charge < -0.3 is 4.74 Å². The number of ether oxygens (including phenoxy) is 1. The second-order valence-corrected chi connectivity index (χ2v) is 5.26. The average Bonchev–Trinajstić information content (AvgIpc) is 2.88. The Morgan fingerprint density at radius 2 is 1.95 bits per heavy atom. The Morgan fingerprint density at radius 1 is 1.16 bits per heavy atom. The van der Waals surface area contributed by atoms with E-state index < -0.39 is 5.82 Å². The Balaban J connectivity index is 2.02. The van der Waals surface area contributed by atoms with Crippen LogP contribution in [0.4, 0.5) is 4.39 Å². The fourth-order valence-corrected chi connectivity index (χ4v) is 2.51. The molecule has 0 bridgehead atoms. The predicted molar refractivity (Wildman–Crippen MR) is 72.5 cm³/mol. The highest BCUT2D eigenvalue weighted by Crippen LogP contribution is 2.24. The summed E-state index contributed by atoms with van der Waals surface area (Å²) >= 11 is 3.09. The minimum atomic E-state index is -0.524. The van der Waals surface area contributed by atoms with E-state index in [1.807, 2.05) is 6.07 Å². The van der Waals surface area contributed by atoms with Crippen molar-refractivity contribution in [3.8, 4) is 0 Å². The van der Waals surface area contributed by atoms with Crippen LogP contribution in [0, 0.1) is 5.82 Å². The summed E-state index contributed by atoms with van der Waals surface area (Å²) in [7, 11) is 0. The second-order valence-electron chi connectivity index (χ2n) is 4.41. The van der Waals surface area contributed by atoms with Crippen molar-refractivity contribution in [3.05, 3.63) is 68.9 Å². The monoisotopic (exact) mass is 320 g/mol. The highest BCUT2D eigenvalue weighted by Gasteiger charge is 2.18. The van der Waals surface area contributed by atoms with E-state index in [4.69, 9.17) is 4.74 Å². The van der Waals surface area contributed by atoms with Gasteiger partial charge in [0.2, 0.25) is 0 Å². The molecule has 0 radical (unpaired) electrons. The van der Waals surface area contributed by atoms with E-state index in [0.717, 1.165) is 11.1 Å². The molecule has 3 rings (SSSR count). The van der Waals surface area contributed by atoms with Crippen LogP contribution < -0.4 is 0 Å². The molecule has 2 nitrogen and oxygen atoms in total. The fraction of sp³-hybridized carbons (Fsp3) is 0.133. The number of ketones is 1. The molecule has 0 saturated carbocycles. The molecular weight excluding hydrogens is 311 g/mol. The van der Waals surface area contributed by atoms with E-state index in [0.29, 0.717) is 23.2 Å². The van der Waals surface area contributed by atoms with Gasteiger partial charge in [0, 0.05) is 5.56 Å². The van der Waals surface area contributed by atoms with Crippen LogP contribution in [0.25, 0.3) is 0 Å². The summed E-state index contributed by atoms with van der Waals surface area (Å²) < 4.78 is 19.5. The first kappa shape index (κ1) is 12.5. The second kappa shape index (κ2) is 4.87. The lowest BCUT2D eigenvalue weighted by Gasteiger charge is -2.05. The quantitative estimate of drug-likeness (QED) is 0.786. The van der Waals surface area contributed by atoms with Crippen LogP contribution in [-0.2, 0) is 18.0 Å². The van der Waals surface area contributed by atoms with Gasteiger partial charge >= 0.3 is 0 Å². The molecule has 0 N–H and O–H groups in total. The van der Waals surface area contributed by atoms with Crippen molar-refractivity contribution in [1.82, 2.24) is 0 Å². The maximum atomic E-state index is 13.9. The van der Waals surface area contributed by atoms with Gasteiger partial charge in [-0.1, -0.05) is 18.2 Å². The van der Waals surface area contributed by atoms with Crippen molar-refractivity contribution in [2.45, 2.75) is 13.2 Å². The van der Waals surface area contributed by atoms with Crippen LogP contribution in [-0.4, -0.2) is 5.78 Å². The summed E-state index contributed by atoms with van der Waals surface area (Å²) in [4.78, 5) is 12.3. The first-order chi connectivity index (χ1) is 9.16. The zero-order chi connectivity index (χ0) is 13.4. The molecule has 0 unspecified atom stereocenters. The molecule has 4 heteroatoms. The number of fused-ring (bicyclic) bond motifs is 1. The Labute approximate surface area is 118 Å². The third-order valence-electron chi connectivity index (χ3n) is 3.18. The van der Waals surface area contributed by atoms with Crippen molar-refractivity contribution in [2.75, 3.05) is 0 Å². The molecule has 2 aromatic rings. The van der Waals surface area contributed by atoms with Gasteiger partial charge in [-0.2, -0.15) is 0 Å². The Bertz CT molecular complexity index is 667. The molecule has 0 aromatic heterocycles. The van der Waals surface area contributed by atoms with E-state index in [-0.39, 0.29) is 11.3 Å². The molecule has 0 fully saturated rings. The molecule has 0 spiro atoms. The summed E-state index contributed by atoms with van der Waals surface area (Å²) in [6.45, 7) is 1.09. The number of hydrogen-bond acceptors (Lipinski definition) is 2. The maximum absolute atomic E-state index is 13.9. The van der Waals surface area contributed by atoms with Gasteiger partial charge in [0.15, 0.2) is 5.78 Å². The summed E-state index contributed by atoms with van der Waals surface area (Å²) in [5.41, 5.74) is 2.65. The smallest absolute Gasteiger partial charge is 0.196 e. The molecule has 1 aliphatic rings. The van der Waals surface area contributed by atoms with Gasteiger partial charge in [-0.3, -0.25) is 4.79 Å². The van der Waals surface area contributed by atoms with Crippen molar-refractivity contribution >= 4 is 21.7 Å². The third-order valence-corrected chi connectivity index (χ3v) is 3.79. The normalized spacial score (nSPS) is 13.4. The minimum Gasteiger partial charge on any atom is -0.372 e. The lowest BCUT2D eigenvalue weighted by atomic mass is 9.99. The number of carbonyl (C=O) groups is 1. The number of carbonyl (C=O) groups excluding carboxylic acids is 1. The van der Waals surface area contributed by atoms with Crippen LogP contribution >= 0.6 is 15.9 Å². The van der Waals surface area contributed by atoms with Gasteiger partial charge in [0.05, 0.1) is 23.2 Å². The summed E-state index contributed by atoms with van der Waals surface area (Å²) in [5, 5.41) is 0. The van der Waals surface area contributed by atoms with Crippen LogP contribution in [0.3, 0.4) is 0 Å². The zero-order valence-electron chi connectivity index (χ0n) is 9.95. The Hall–Kier alpha value is -1.52. The summed E-state index contributed by atoms with van der Waals surface area (Å²) in [6, 6.07) is 10.1. The molecule has 1 aliphatic heterocycles. The Morgan fingerprint density at radius 3 is 2.79 bits per heavy atom. The average molecular weight is 321 g/mol. The fourth-order valence-electron chi connectivity index (χ4n) is 2.15. The zero-order valence-corrected chi connectivity index (χ0v) is 11.5. The predicted octanol–water partition coefficient (Wildman–Crippen LogP) is 3.85. The lowest BCUT2D eigenvalue weighted by molar-refractivity contribution is 0.103. The summed E-state index contributed by atoms with van der Waals surface area (Å²) in [6.07, 6.45) is 0. The van der Waals surface area contributed by atoms with E-state index in [1.54, 1.807) is 24.3 Å². The van der Waals surface area contributed by atoms with Gasteiger partial charge in [-0.15, -0.1) is 0 Å². The SMILES string of the molecule is O=C(c1ccc2c(c1)COC2)c1cccc(Br)c1F. The number of halogens is 2. The summed E-state index contributed by atoms with van der Waals surface area (Å²) in [5.74, 6) is -0.835. The molecule has 2 aromatic carbocycles. The van der Waals surface area contributed by atoms with Crippen LogP contribution in [0.15, 0.2) is 40.9 Å². The topological polar surface area (TPSA) is 26.3 Å². The van der Waals surface area contributed by atoms with E-state index >= 15 is 0 Å². The molecular formula is C15H10BrFO2.